The molecule has 2 fully saturated rings. The van der Waals surface area contributed by atoms with Crippen molar-refractivity contribution in [1.82, 2.24) is 0 Å². The number of rotatable bonds is 16. The van der Waals surface area contributed by atoms with Crippen LogP contribution >= 0.6 is 0 Å². The molecule has 0 bridgehead atoms. The molecule has 0 amide bonds. The van der Waals surface area contributed by atoms with Crippen molar-refractivity contribution < 1.29 is 131 Å². The molecule has 0 aromatic carbocycles. The van der Waals surface area contributed by atoms with E-state index in [2.05, 4.69) is 264 Å². The average Bonchev–Trinajstić information content (AvgIpc) is 3.82. The van der Waals surface area contributed by atoms with Crippen LogP contribution in [0.5, 0.6) is 0 Å². The molecule has 70 heavy (non-hydrogen) atoms. The van der Waals surface area contributed by atoms with Crippen LogP contribution in [-0.2, 0) is 9.47 Å². The zero-order valence-electron chi connectivity index (χ0n) is 54.3. The molecule has 414 valence electrons. The van der Waals surface area contributed by atoms with Gasteiger partial charge in [-0.05, 0) is 25.7 Å². The van der Waals surface area contributed by atoms with E-state index in [0.717, 1.165) is 26.4 Å². The molecular formula is C56H128Ce2Li2N8O2. The smallest absolute Gasteiger partial charge is 0.658 e. The van der Waals surface area contributed by atoms with Crippen LogP contribution in [0.2, 0.25) is 0 Å². The molecule has 2 saturated heterocycles. The van der Waals surface area contributed by atoms with Gasteiger partial charge >= 0.3 is 121 Å². The van der Waals surface area contributed by atoms with Crippen molar-refractivity contribution in [2.45, 2.75) is 344 Å². The monoisotopic (exact) mass is 1240 g/mol. The summed E-state index contributed by atoms with van der Waals surface area (Å²) in [6.45, 7) is 71.1. The van der Waals surface area contributed by atoms with Gasteiger partial charge in [0.05, 0.1) is 0 Å². The molecule has 2 aliphatic heterocycles. The SMILES string of the molecule is C1CCOC1.C1CCOC1.CC(C)[N-]C(C)C.CC(C)[N-]C(C)C.CC(C)[N-]C(C)C.CC(C)[N-]C(C)C.CC(C)[N-]C(C)C.CC(C)[N-]C(C)C.CC(C)[N-]C(C)C.CC(C)[N-]C(C)C.[Ce+3].[Ce+3].[Li+].[Li+]. The van der Waals surface area contributed by atoms with Gasteiger partial charge in [0, 0.05) is 26.4 Å². The van der Waals surface area contributed by atoms with Gasteiger partial charge in [-0.1, -0.05) is 222 Å². The van der Waals surface area contributed by atoms with Crippen LogP contribution in [0.15, 0.2) is 0 Å². The summed E-state index contributed by atoms with van der Waals surface area (Å²) in [4.78, 5) is 0. The van der Waals surface area contributed by atoms with Gasteiger partial charge in [-0.15, -0.1) is 96.7 Å². The standard InChI is InChI=1S/8C6H14N.2C4H8O.2Ce.2Li/c8*1-5(2)7-6(3)4;2*1-2-4-5-3-1;;;;/h8*5-6H,1-4H3;2*1-4H2;;;;/q8*-1;;;2*+3;2*+1. The third kappa shape index (κ3) is 172. The Morgan fingerprint density at radius 3 is 0.271 bits per heavy atom. The Kier molecular flexibility index (Phi) is 112. The maximum Gasteiger partial charge on any atom is 3.00 e. The number of nitrogens with zero attached hydrogens (tertiary/aromatic N) is 8. The molecule has 0 atom stereocenters. The fourth-order valence-electron chi connectivity index (χ4n) is 5.79. The third-order valence-corrected chi connectivity index (χ3v) is 6.42. The van der Waals surface area contributed by atoms with Crippen molar-refractivity contribution in [1.29, 1.82) is 0 Å². The van der Waals surface area contributed by atoms with E-state index in [1.807, 2.05) is 0 Å². The van der Waals surface area contributed by atoms with Crippen molar-refractivity contribution >= 4 is 0 Å². The summed E-state index contributed by atoms with van der Waals surface area (Å²) in [7, 11) is 0. The Bertz CT molecular complexity index is 590. The van der Waals surface area contributed by atoms with E-state index < -0.39 is 0 Å². The van der Waals surface area contributed by atoms with Crippen molar-refractivity contribution in [2.24, 2.45) is 0 Å². The first-order valence-electron chi connectivity index (χ1n) is 26.8. The molecule has 0 unspecified atom stereocenters. The Balaban J connectivity index is -0.0000000531. The minimum Gasteiger partial charge on any atom is -0.658 e. The second kappa shape index (κ2) is 76.8. The van der Waals surface area contributed by atoms with Gasteiger partial charge in [0.15, 0.2) is 0 Å². The van der Waals surface area contributed by atoms with Crippen molar-refractivity contribution in [3.63, 3.8) is 0 Å². The molecule has 2 radical (unpaired) electrons. The molecule has 0 N–H and O–H groups in total. The summed E-state index contributed by atoms with van der Waals surface area (Å²) in [5.74, 6) is 0. The molecule has 0 saturated carbocycles. The van der Waals surface area contributed by atoms with Crippen LogP contribution in [-0.4, -0.2) is 123 Å². The molecule has 0 spiro atoms. The second-order valence-electron chi connectivity index (χ2n) is 21.3. The topological polar surface area (TPSA) is 131 Å². The van der Waals surface area contributed by atoms with Crippen LogP contribution in [0.4, 0.5) is 0 Å². The first-order valence-corrected chi connectivity index (χ1v) is 26.8. The zero-order chi connectivity index (χ0) is 54.0. The molecule has 2 aliphatic rings. The minimum absolute atomic E-state index is 0. The van der Waals surface area contributed by atoms with Gasteiger partial charge in [0.25, 0.3) is 0 Å². The minimum atomic E-state index is 0. The van der Waals surface area contributed by atoms with E-state index >= 15 is 0 Å². The van der Waals surface area contributed by atoms with Crippen LogP contribution in [0.3, 0.4) is 0 Å². The van der Waals surface area contributed by atoms with E-state index in [0.29, 0.717) is 96.7 Å². The fourth-order valence-corrected chi connectivity index (χ4v) is 5.79. The van der Waals surface area contributed by atoms with Crippen LogP contribution in [0.1, 0.15) is 247 Å². The van der Waals surface area contributed by atoms with E-state index in [9.17, 15) is 0 Å². The molecule has 0 aromatic rings. The van der Waals surface area contributed by atoms with Gasteiger partial charge < -0.3 is 52.0 Å². The second-order valence-corrected chi connectivity index (χ2v) is 21.3. The molecule has 0 aliphatic carbocycles. The number of hydrogen-bond donors (Lipinski definition) is 0. The van der Waals surface area contributed by atoms with Crippen molar-refractivity contribution in [3.8, 4) is 0 Å². The van der Waals surface area contributed by atoms with Crippen LogP contribution in [0.25, 0.3) is 42.5 Å². The molecule has 2 heterocycles. The molecule has 0 aromatic heterocycles. The van der Waals surface area contributed by atoms with Crippen molar-refractivity contribution in [2.75, 3.05) is 26.4 Å². The summed E-state index contributed by atoms with van der Waals surface area (Å²) < 4.78 is 9.89. The van der Waals surface area contributed by atoms with E-state index in [-0.39, 0.29) is 121 Å². The number of hydrogen-bond acceptors (Lipinski definition) is 2. The summed E-state index contributed by atoms with van der Waals surface area (Å²) in [5.41, 5.74) is 0. The molecular weight excluding hydrogens is 1110 g/mol. The van der Waals surface area contributed by atoms with Crippen LogP contribution < -0.4 is 37.7 Å². The Hall–Kier alpha value is 3.55. The van der Waals surface area contributed by atoms with Gasteiger partial charge in [-0.25, -0.2) is 0 Å². The number of ether oxygens (including phenoxy) is 2. The Labute approximate surface area is 537 Å². The van der Waals surface area contributed by atoms with E-state index in [1.165, 1.54) is 25.7 Å². The Morgan fingerprint density at radius 2 is 0.257 bits per heavy atom. The summed E-state index contributed by atoms with van der Waals surface area (Å²) >= 11 is 0. The zero-order valence-corrected chi connectivity index (χ0v) is 60.6. The first kappa shape index (κ1) is 102. The van der Waals surface area contributed by atoms with Gasteiger partial charge in [0.2, 0.25) is 0 Å². The summed E-state index contributed by atoms with van der Waals surface area (Å²) in [5, 5.41) is 34.2. The quantitative estimate of drug-likeness (QED) is 0.142. The normalized spacial score (nSPS) is 12.3. The van der Waals surface area contributed by atoms with Crippen molar-refractivity contribution in [3.05, 3.63) is 42.5 Å². The fraction of sp³-hybridized carbons (Fsp3) is 1.00. The molecule has 14 heteroatoms. The van der Waals surface area contributed by atoms with E-state index in [4.69, 9.17) is 9.47 Å². The van der Waals surface area contributed by atoms with Gasteiger partial charge in [-0.2, -0.15) is 0 Å². The first-order chi connectivity index (χ1) is 30.0. The average molecular weight is 1240 g/mol. The van der Waals surface area contributed by atoms with Crippen LogP contribution in [0, 0.1) is 83.5 Å². The largest absolute Gasteiger partial charge is 3.00 e. The maximum absolute atomic E-state index is 4.94. The molecule has 10 nitrogen and oxygen atoms in total. The van der Waals surface area contributed by atoms with Gasteiger partial charge in [0.1, 0.15) is 0 Å². The van der Waals surface area contributed by atoms with Gasteiger partial charge in [-0.3, -0.25) is 0 Å². The van der Waals surface area contributed by atoms with E-state index in [1.54, 1.807) is 0 Å². The summed E-state index contributed by atoms with van der Waals surface area (Å²) in [6.07, 6.45) is 5.11. The predicted octanol–water partition coefficient (Wildman–Crippen LogP) is 13.0. The third-order valence-electron chi connectivity index (χ3n) is 6.42. The predicted molar refractivity (Wildman–Crippen MR) is 309 cm³/mol. The Morgan fingerprint density at radius 1 is 0.186 bits per heavy atom. The summed E-state index contributed by atoms with van der Waals surface area (Å²) in [6, 6.07) is 8.00. The molecule has 2 rings (SSSR count). The maximum atomic E-state index is 4.94.